The van der Waals surface area contributed by atoms with Crippen molar-refractivity contribution in [2.45, 2.75) is 238 Å². The second-order valence-corrected chi connectivity index (χ2v) is 18.8. The van der Waals surface area contributed by atoms with Crippen LogP contribution in [0.2, 0.25) is 0 Å². The van der Waals surface area contributed by atoms with Crippen LogP contribution in [0.3, 0.4) is 0 Å². The van der Waals surface area contributed by atoms with Gasteiger partial charge in [-0.2, -0.15) is 0 Å². The highest BCUT2D eigenvalue weighted by atomic mass is 31.2. The van der Waals surface area contributed by atoms with E-state index in [2.05, 4.69) is 81.5 Å². The van der Waals surface area contributed by atoms with E-state index >= 15 is 0 Å². The maximum absolute atomic E-state index is 12.8. The first kappa shape index (κ1) is 63.2. The molecule has 2 N–H and O–H groups in total. The van der Waals surface area contributed by atoms with Crippen molar-refractivity contribution in [3.63, 3.8) is 0 Å². The van der Waals surface area contributed by atoms with Crippen LogP contribution in [0, 0.1) is 0 Å². The fraction of sp³-hybridized carbons (Fsp3) is 0.759. The molecule has 11 nitrogen and oxygen atoms in total. The van der Waals surface area contributed by atoms with Crippen molar-refractivity contribution in [2.24, 2.45) is 0 Å². The molecule has 0 aliphatic carbocycles. The molecule has 0 rings (SSSR count). The molecule has 0 amide bonds. The predicted octanol–water partition coefficient (Wildman–Crippen LogP) is 14.8. The molecule has 0 bridgehead atoms. The Bertz CT molecular complexity index is 1340. The molecule has 0 saturated heterocycles. The maximum atomic E-state index is 12.8. The van der Waals surface area contributed by atoms with Crippen molar-refractivity contribution in [2.75, 3.05) is 26.4 Å². The van der Waals surface area contributed by atoms with Crippen LogP contribution in [-0.2, 0) is 42.2 Å². The van der Waals surface area contributed by atoms with E-state index in [0.29, 0.717) is 19.3 Å². The minimum Gasteiger partial charge on any atom is -0.462 e. The van der Waals surface area contributed by atoms with Crippen LogP contribution in [-0.4, -0.2) is 66.5 Å². The smallest absolute Gasteiger partial charge is 0.462 e. The Labute approximate surface area is 402 Å². The van der Waals surface area contributed by atoms with Gasteiger partial charge in [0.15, 0.2) is 6.10 Å². The number of rotatable bonds is 48. The van der Waals surface area contributed by atoms with Gasteiger partial charge in [0.1, 0.15) is 12.7 Å². The van der Waals surface area contributed by atoms with E-state index in [1.165, 1.54) is 51.4 Å². The van der Waals surface area contributed by atoms with Crippen LogP contribution in [0.25, 0.3) is 0 Å². The standard InChI is InChI=1S/C54H95O11P/c1-4-7-10-13-16-19-21-23-25-27-29-32-34-37-40-43-52(56)61-47-51(65-54(58)45-42-39-36-33-30-28-26-24-22-20-17-14-11-8-5-2)49-63-66(59,60)62-48-50(46-55)64-53(57)44-41-38-35-31-18-15-12-9-6-3/h7,10,16-17,19-20,23-26,50-51,55H,4-6,8-9,11-15,18,21-22,27-49H2,1-3H3,(H,59,60)/b10-7-,19-16-,20-17-,25-23-,26-24-. The van der Waals surface area contributed by atoms with Crippen LogP contribution < -0.4 is 0 Å². The summed E-state index contributed by atoms with van der Waals surface area (Å²) in [7, 11) is -4.74. The number of hydrogen-bond donors (Lipinski definition) is 2. The molecule has 0 aromatic rings. The van der Waals surface area contributed by atoms with Crippen molar-refractivity contribution in [3.8, 4) is 0 Å². The van der Waals surface area contributed by atoms with Gasteiger partial charge in [-0.3, -0.25) is 23.4 Å². The summed E-state index contributed by atoms with van der Waals surface area (Å²) in [6.45, 7) is 4.44. The molecule has 0 aromatic heterocycles. The Hall–Kier alpha value is -2.82. The number of carbonyl (C=O) groups is 3. The minimum atomic E-state index is -4.74. The number of hydrogen-bond acceptors (Lipinski definition) is 10. The van der Waals surface area contributed by atoms with Crippen molar-refractivity contribution in [1.29, 1.82) is 0 Å². The third kappa shape index (κ3) is 46.3. The number of phosphoric ester groups is 1. The lowest BCUT2D eigenvalue weighted by Gasteiger charge is -2.21. The zero-order valence-electron chi connectivity index (χ0n) is 41.9. The van der Waals surface area contributed by atoms with Crippen molar-refractivity contribution in [3.05, 3.63) is 60.8 Å². The van der Waals surface area contributed by atoms with Crippen LogP contribution >= 0.6 is 7.82 Å². The molecule has 0 aliphatic heterocycles. The molecule has 0 saturated carbocycles. The van der Waals surface area contributed by atoms with Gasteiger partial charge < -0.3 is 24.2 Å². The third-order valence-electron chi connectivity index (χ3n) is 10.9. The topological polar surface area (TPSA) is 155 Å². The fourth-order valence-corrected chi connectivity index (χ4v) is 7.71. The van der Waals surface area contributed by atoms with Gasteiger partial charge in [-0.05, 0) is 83.5 Å². The molecular weight excluding hydrogens is 856 g/mol. The molecule has 0 aliphatic rings. The van der Waals surface area contributed by atoms with E-state index < -0.39 is 57.8 Å². The molecule has 0 aromatic carbocycles. The van der Waals surface area contributed by atoms with E-state index in [4.69, 9.17) is 23.3 Å². The number of carbonyl (C=O) groups excluding carboxylic acids is 3. The lowest BCUT2D eigenvalue weighted by atomic mass is 10.1. The number of allylic oxidation sites excluding steroid dienone is 10. The molecule has 0 heterocycles. The van der Waals surface area contributed by atoms with Crippen molar-refractivity contribution >= 4 is 25.7 Å². The highest BCUT2D eigenvalue weighted by Crippen LogP contribution is 2.43. The summed E-state index contributed by atoms with van der Waals surface area (Å²) < 4.78 is 39.3. The summed E-state index contributed by atoms with van der Waals surface area (Å²) in [6.07, 6.45) is 50.5. The third-order valence-corrected chi connectivity index (χ3v) is 11.9. The largest absolute Gasteiger partial charge is 0.472 e. The molecule has 382 valence electrons. The number of unbranched alkanes of at least 4 members (excludes halogenated alkanes) is 21. The molecule has 0 fully saturated rings. The maximum Gasteiger partial charge on any atom is 0.472 e. The molecule has 0 radical (unpaired) electrons. The number of ether oxygens (including phenoxy) is 3. The lowest BCUT2D eigenvalue weighted by molar-refractivity contribution is -0.161. The van der Waals surface area contributed by atoms with E-state index in [0.717, 1.165) is 116 Å². The van der Waals surface area contributed by atoms with Crippen LogP contribution in [0.4, 0.5) is 0 Å². The quantitative estimate of drug-likeness (QED) is 0.0197. The van der Waals surface area contributed by atoms with E-state index in [9.17, 15) is 28.9 Å². The van der Waals surface area contributed by atoms with Gasteiger partial charge in [0.25, 0.3) is 0 Å². The van der Waals surface area contributed by atoms with Crippen LogP contribution in [0.1, 0.15) is 226 Å². The minimum absolute atomic E-state index is 0.147. The zero-order valence-corrected chi connectivity index (χ0v) is 42.8. The monoisotopic (exact) mass is 951 g/mol. The summed E-state index contributed by atoms with van der Waals surface area (Å²) in [5.41, 5.74) is 0. The Balaban J connectivity index is 4.79. The Morgan fingerprint density at radius 3 is 1.24 bits per heavy atom. The van der Waals surface area contributed by atoms with Gasteiger partial charge in [-0.15, -0.1) is 0 Å². The normalized spacial score (nSPS) is 14.0. The number of aliphatic hydroxyl groups is 1. The SMILES string of the molecule is CC/C=C\C/C=C\C/C=C\CCCCCCCC(=O)OCC(COP(=O)(O)OCC(CO)OC(=O)CCCCCCCCCCC)OC(=O)CCCCCCC/C=C\C/C=C\CCCCC. The fourth-order valence-electron chi connectivity index (χ4n) is 6.93. The second kappa shape index (κ2) is 48.6. The summed E-state index contributed by atoms with van der Waals surface area (Å²) in [5, 5.41) is 9.74. The Morgan fingerprint density at radius 1 is 0.439 bits per heavy atom. The van der Waals surface area contributed by atoms with Gasteiger partial charge in [-0.1, -0.05) is 184 Å². The van der Waals surface area contributed by atoms with Gasteiger partial charge >= 0.3 is 25.7 Å². The highest BCUT2D eigenvalue weighted by Gasteiger charge is 2.28. The van der Waals surface area contributed by atoms with E-state index in [1.54, 1.807) is 0 Å². The Kier molecular flexibility index (Phi) is 46.6. The lowest BCUT2D eigenvalue weighted by Crippen LogP contribution is -2.30. The average Bonchev–Trinajstić information content (AvgIpc) is 3.30. The first-order valence-electron chi connectivity index (χ1n) is 26.2. The molecule has 0 spiro atoms. The summed E-state index contributed by atoms with van der Waals surface area (Å²) in [4.78, 5) is 48.3. The zero-order chi connectivity index (χ0) is 48.4. The molecule has 3 unspecified atom stereocenters. The molecule has 3 atom stereocenters. The van der Waals surface area contributed by atoms with E-state index in [-0.39, 0.29) is 25.9 Å². The summed E-state index contributed by atoms with van der Waals surface area (Å²) in [5.74, 6) is -1.50. The Morgan fingerprint density at radius 2 is 0.788 bits per heavy atom. The van der Waals surface area contributed by atoms with Crippen LogP contribution in [0.15, 0.2) is 60.8 Å². The predicted molar refractivity (Wildman–Crippen MR) is 270 cm³/mol. The van der Waals surface area contributed by atoms with Crippen molar-refractivity contribution in [1.82, 2.24) is 0 Å². The number of esters is 3. The molecular formula is C54H95O11P. The average molecular weight is 951 g/mol. The van der Waals surface area contributed by atoms with Crippen LogP contribution in [0.5, 0.6) is 0 Å². The summed E-state index contributed by atoms with van der Waals surface area (Å²) >= 11 is 0. The summed E-state index contributed by atoms with van der Waals surface area (Å²) in [6, 6.07) is 0. The second-order valence-electron chi connectivity index (χ2n) is 17.3. The first-order valence-corrected chi connectivity index (χ1v) is 27.7. The first-order chi connectivity index (χ1) is 32.2. The number of aliphatic hydroxyl groups excluding tert-OH is 1. The van der Waals surface area contributed by atoms with Gasteiger partial charge in [0, 0.05) is 19.3 Å². The van der Waals surface area contributed by atoms with Gasteiger partial charge in [0.2, 0.25) is 0 Å². The van der Waals surface area contributed by atoms with E-state index in [1.807, 2.05) is 0 Å². The number of phosphoric acid groups is 1. The highest BCUT2D eigenvalue weighted by molar-refractivity contribution is 7.47. The van der Waals surface area contributed by atoms with Gasteiger partial charge in [0.05, 0.1) is 19.8 Å². The van der Waals surface area contributed by atoms with Crippen molar-refractivity contribution < 1.29 is 52.2 Å². The molecule has 12 heteroatoms. The van der Waals surface area contributed by atoms with Gasteiger partial charge in [-0.25, -0.2) is 4.57 Å². The molecule has 66 heavy (non-hydrogen) atoms.